The zero-order chi connectivity index (χ0) is 25.6. The molecule has 2 aromatic carbocycles. The van der Waals surface area contributed by atoms with E-state index < -0.39 is 28.5 Å². The van der Waals surface area contributed by atoms with Gasteiger partial charge in [0, 0.05) is 22.1 Å². The summed E-state index contributed by atoms with van der Waals surface area (Å²) in [6.45, 7) is 6.97. The molecule has 2 amide bonds. The molecule has 0 fully saturated rings. The third-order valence-corrected chi connectivity index (χ3v) is 7.78. The molecule has 0 aliphatic rings. The first kappa shape index (κ1) is 28.1. The third kappa shape index (κ3) is 7.71. The molecule has 34 heavy (non-hydrogen) atoms. The summed E-state index contributed by atoms with van der Waals surface area (Å²) in [5.74, 6) is -0.812. The Morgan fingerprint density at radius 2 is 1.82 bits per heavy atom. The van der Waals surface area contributed by atoms with Gasteiger partial charge in [-0.15, -0.1) is 0 Å². The SMILES string of the molecule is CC[C@H](C)NC(=O)[C@H](C)N(Cc1cccc(Cl)c1)C(=O)CN(c1ccc(Br)c(C)c1)S(C)(=O)=O. The maximum atomic E-state index is 13.5. The Labute approximate surface area is 215 Å². The van der Waals surface area contributed by atoms with Crippen molar-refractivity contribution in [2.45, 2.75) is 52.7 Å². The van der Waals surface area contributed by atoms with E-state index in [0.717, 1.165) is 32.6 Å². The monoisotopic (exact) mass is 571 g/mol. The molecule has 10 heteroatoms. The number of nitrogens with one attached hydrogen (secondary N) is 1. The number of rotatable bonds is 10. The minimum absolute atomic E-state index is 0.0590. The lowest BCUT2D eigenvalue weighted by atomic mass is 10.1. The van der Waals surface area contributed by atoms with Crippen LogP contribution in [0.4, 0.5) is 5.69 Å². The number of anilines is 1. The predicted octanol–water partition coefficient (Wildman–Crippen LogP) is 4.51. The lowest BCUT2D eigenvalue weighted by Crippen LogP contribution is -2.52. The van der Waals surface area contributed by atoms with E-state index in [1.54, 1.807) is 49.4 Å². The van der Waals surface area contributed by atoms with Crippen LogP contribution >= 0.6 is 27.5 Å². The molecule has 0 aliphatic heterocycles. The van der Waals surface area contributed by atoms with Crippen molar-refractivity contribution < 1.29 is 18.0 Å². The molecule has 2 aromatic rings. The van der Waals surface area contributed by atoms with Gasteiger partial charge in [-0.25, -0.2) is 8.42 Å². The van der Waals surface area contributed by atoms with Gasteiger partial charge in [0.05, 0.1) is 11.9 Å². The molecular weight excluding hydrogens is 542 g/mol. The van der Waals surface area contributed by atoms with Gasteiger partial charge >= 0.3 is 0 Å². The third-order valence-electron chi connectivity index (χ3n) is 5.52. The molecule has 7 nitrogen and oxygen atoms in total. The molecule has 186 valence electrons. The number of carbonyl (C=O) groups is 2. The van der Waals surface area contributed by atoms with Gasteiger partial charge in [0.25, 0.3) is 0 Å². The summed E-state index contributed by atoms with van der Waals surface area (Å²) in [6.07, 6.45) is 1.80. The van der Waals surface area contributed by atoms with Crippen LogP contribution < -0.4 is 9.62 Å². The van der Waals surface area contributed by atoms with Crippen molar-refractivity contribution in [1.82, 2.24) is 10.2 Å². The van der Waals surface area contributed by atoms with E-state index in [2.05, 4.69) is 21.2 Å². The summed E-state index contributed by atoms with van der Waals surface area (Å²) in [6, 6.07) is 11.2. The van der Waals surface area contributed by atoms with Crippen LogP contribution in [0, 0.1) is 6.92 Å². The molecule has 0 unspecified atom stereocenters. The normalized spacial score (nSPS) is 13.1. The quantitative estimate of drug-likeness (QED) is 0.454. The molecular formula is C24H31BrClN3O4S. The smallest absolute Gasteiger partial charge is 0.244 e. The average molecular weight is 573 g/mol. The van der Waals surface area contributed by atoms with Crippen LogP contribution in [0.25, 0.3) is 0 Å². The van der Waals surface area contributed by atoms with Crippen LogP contribution in [-0.2, 0) is 26.2 Å². The van der Waals surface area contributed by atoms with Crippen LogP contribution in [-0.4, -0.2) is 50.0 Å². The highest BCUT2D eigenvalue weighted by Gasteiger charge is 2.30. The first-order valence-corrected chi connectivity index (χ1v) is 13.9. The Morgan fingerprint density at radius 1 is 1.15 bits per heavy atom. The summed E-state index contributed by atoms with van der Waals surface area (Å²) in [4.78, 5) is 27.8. The summed E-state index contributed by atoms with van der Waals surface area (Å²) in [5.41, 5.74) is 1.93. The van der Waals surface area contributed by atoms with Gasteiger partial charge in [-0.05, 0) is 68.7 Å². The van der Waals surface area contributed by atoms with Gasteiger partial charge in [-0.1, -0.05) is 46.6 Å². The fourth-order valence-electron chi connectivity index (χ4n) is 3.28. The first-order chi connectivity index (χ1) is 15.8. The fraction of sp³-hybridized carbons (Fsp3) is 0.417. The Hall–Kier alpha value is -2.10. The van der Waals surface area contributed by atoms with Crippen LogP contribution in [0.1, 0.15) is 38.3 Å². The van der Waals surface area contributed by atoms with E-state index in [0.29, 0.717) is 10.7 Å². The van der Waals surface area contributed by atoms with Gasteiger partial charge in [0.2, 0.25) is 21.8 Å². The zero-order valence-electron chi connectivity index (χ0n) is 20.0. The number of hydrogen-bond acceptors (Lipinski definition) is 4. The standard InChI is InChI=1S/C24H31BrClN3O4S/c1-6-17(3)27-24(31)18(4)28(14-19-8-7-9-20(26)13-19)23(30)15-29(34(5,32)33)21-10-11-22(25)16(2)12-21/h7-13,17-18H,6,14-15H2,1-5H3,(H,27,31)/t17-,18-/m0/s1. The van der Waals surface area contributed by atoms with Gasteiger partial charge in [-0.3, -0.25) is 13.9 Å². The van der Waals surface area contributed by atoms with Crippen LogP contribution in [0.2, 0.25) is 5.02 Å². The lowest BCUT2D eigenvalue weighted by Gasteiger charge is -2.32. The Bertz CT molecular complexity index is 1140. The topological polar surface area (TPSA) is 86.8 Å². The van der Waals surface area contributed by atoms with Crippen LogP contribution in [0.15, 0.2) is 46.9 Å². The number of hydrogen-bond donors (Lipinski definition) is 1. The van der Waals surface area contributed by atoms with E-state index in [9.17, 15) is 18.0 Å². The summed E-state index contributed by atoms with van der Waals surface area (Å²) in [7, 11) is -3.78. The number of sulfonamides is 1. The Balaban J connectivity index is 2.41. The Morgan fingerprint density at radius 3 is 2.38 bits per heavy atom. The van der Waals surface area contributed by atoms with Gasteiger partial charge in [-0.2, -0.15) is 0 Å². The van der Waals surface area contributed by atoms with Crippen molar-refractivity contribution in [2.75, 3.05) is 17.1 Å². The van der Waals surface area contributed by atoms with Crippen molar-refractivity contribution in [3.63, 3.8) is 0 Å². The molecule has 0 saturated carbocycles. The van der Waals surface area contributed by atoms with Crippen LogP contribution in [0.5, 0.6) is 0 Å². The highest BCUT2D eigenvalue weighted by atomic mass is 79.9. The second kappa shape index (κ2) is 12.0. The molecule has 0 radical (unpaired) electrons. The van der Waals surface area contributed by atoms with E-state index >= 15 is 0 Å². The maximum Gasteiger partial charge on any atom is 0.244 e. The van der Waals surface area contributed by atoms with E-state index in [-0.39, 0.29) is 18.5 Å². The summed E-state index contributed by atoms with van der Waals surface area (Å²) in [5, 5.41) is 3.40. The molecule has 0 spiro atoms. The molecule has 1 N–H and O–H groups in total. The minimum atomic E-state index is -3.78. The highest BCUT2D eigenvalue weighted by molar-refractivity contribution is 9.10. The second-order valence-corrected chi connectivity index (χ2v) is 11.5. The van der Waals surface area contributed by atoms with E-state index in [4.69, 9.17) is 11.6 Å². The van der Waals surface area contributed by atoms with E-state index in [1.165, 1.54) is 4.90 Å². The zero-order valence-corrected chi connectivity index (χ0v) is 23.2. The summed E-state index contributed by atoms with van der Waals surface area (Å²) < 4.78 is 27.1. The average Bonchev–Trinajstić information content (AvgIpc) is 2.76. The van der Waals surface area contributed by atoms with Crippen molar-refractivity contribution in [2.24, 2.45) is 0 Å². The van der Waals surface area contributed by atoms with Crippen molar-refractivity contribution in [3.05, 3.63) is 63.1 Å². The predicted molar refractivity (Wildman–Crippen MR) is 140 cm³/mol. The lowest BCUT2D eigenvalue weighted by molar-refractivity contribution is -0.139. The van der Waals surface area contributed by atoms with Crippen molar-refractivity contribution in [3.8, 4) is 0 Å². The molecule has 0 heterocycles. The number of aryl methyl sites for hydroxylation is 1. The molecule has 0 bridgehead atoms. The first-order valence-electron chi connectivity index (χ1n) is 10.9. The van der Waals surface area contributed by atoms with Crippen molar-refractivity contribution in [1.29, 1.82) is 0 Å². The number of amides is 2. The van der Waals surface area contributed by atoms with Gasteiger partial charge in [0.15, 0.2) is 0 Å². The molecule has 0 aliphatic carbocycles. The van der Waals surface area contributed by atoms with Crippen LogP contribution in [0.3, 0.4) is 0 Å². The minimum Gasteiger partial charge on any atom is -0.352 e. The molecule has 2 atom stereocenters. The van der Waals surface area contributed by atoms with Gasteiger partial charge in [0.1, 0.15) is 12.6 Å². The Kier molecular flexibility index (Phi) is 9.96. The maximum absolute atomic E-state index is 13.5. The second-order valence-electron chi connectivity index (χ2n) is 8.35. The molecule has 0 saturated heterocycles. The number of halogens is 2. The molecule has 0 aromatic heterocycles. The van der Waals surface area contributed by atoms with E-state index in [1.807, 2.05) is 20.8 Å². The van der Waals surface area contributed by atoms with Crippen molar-refractivity contribution >= 4 is 55.1 Å². The largest absolute Gasteiger partial charge is 0.352 e. The van der Waals surface area contributed by atoms with Gasteiger partial charge < -0.3 is 10.2 Å². The summed E-state index contributed by atoms with van der Waals surface area (Å²) >= 11 is 9.52. The number of benzene rings is 2. The number of carbonyl (C=O) groups excluding carboxylic acids is 2. The molecule has 2 rings (SSSR count). The fourth-order valence-corrected chi connectivity index (χ4v) is 4.58. The highest BCUT2D eigenvalue weighted by Crippen LogP contribution is 2.25. The number of nitrogens with zero attached hydrogens (tertiary/aromatic N) is 2.